The first-order chi connectivity index (χ1) is 15.0. The second-order valence-corrected chi connectivity index (χ2v) is 7.60. The van der Waals surface area contributed by atoms with Crippen molar-refractivity contribution in [3.05, 3.63) is 52.8 Å². The number of ether oxygens (including phenoxy) is 1. The highest BCUT2D eigenvalue weighted by atomic mass is 19.2. The summed E-state index contributed by atoms with van der Waals surface area (Å²) < 4.78 is 32.8. The largest absolute Gasteiger partial charge is 0.404 e. The number of carbonyl (C=O) groups excluding carboxylic acids is 2. The quantitative estimate of drug-likeness (QED) is 0.694. The number of benzene rings is 1. The van der Waals surface area contributed by atoms with Gasteiger partial charge in [0.05, 0.1) is 31.5 Å². The molecule has 0 saturated carbocycles. The maximum absolute atomic E-state index is 14.1. The lowest BCUT2D eigenvalue weighted by Crippen LogP contribution is -2.47. The molecule has 0 unspecified atom stereocenters. The first-order valence-electron chi connectivity index (χ1n) is 9.99. The molecular weight excluding hydrogens is 408 g/mol. The number of hydrogen-bond acceptors (Lipinski definition) is 5. The fourth-order valence-electron chi connectivity index (χ4n) is 3.61. The van der Waals surface area contributed by atoms with Gasteiger partial charge in [-0.2, -0.15) is 0 Å². The number of nitrogens with two attached hydrogens (primary N) is 1. The SMILES string of the molecule is N/C=C(\C=NC1COC1)C1=CCCN(C(=O)CN2Cc3c(ccc(F)c3F)NC2=O)C1. The molecule has 3 aliphatic heterocycles. The highest BCUT2D eigenvalue weighted by Crippen LogP contribution is 2.27. The summed E-state index contributed by atoms with van der Waals surface area (Å²) in [6.07, 6.45) is 5.79. The van der Waals surface area contributed by atoms with E-state index < -0.39 is 17.7 Å². The van der Waals surface area contributed by atoms with Gasteiger partial charge in [-0.05, 0) is 24.1 Å². The van der Waals surface area contributed by atoms with E-state index >= 15 is 0 Å². The predicted molar refractivity (Wildman–Crippen MR) is 110 cm³/mol. The van der Waals surface area contributed by atoms with Gasteiger partial charge in [-0.3, -0.25) is 9.79 Å². The Morgan fingerprint density at radius 2 is 2.13 bits per heavy atom. The van der Waals surface area contributed by atoms with Crippen LogP contribution >= 0.6 is 0 Å². The van der Waals surface area contributed by atoms with Crippen molar-refractivity contribution in [2.24, 2.45) is 10.7 Å². The van der Waals surface area contributed by atoms with Gasteiger partial charge in [0, 0.05) is 36.6 Å². The molecule has 164 valence electrons. The van der Waals surface area contributed by atoms with E-state index in [0.717, 1.165) is 17.2 Å². The highest BCUT2D eigenvalue weighted by Gasteiger charge is 2.30. The van der Waals surface area contributed by atoms with Crippen LogP contribution in [0.25, 0.3) is 0 Å². The molecule has 0 atom stereocenters. The normalized spacial score (nSPS) is 19.7. The molecule has 1 aromatic carbocycles. The fourth-order valence-corrected chi connectivity index (χ4v) is 3.61. The number of nitrogens with one attached hydrogen (secondary N) is 1. The Labute approximate surface area is 178 Å². The Hall–Kier alpha value is -3.27. The Bertz CT molecular complexity index is 987. The number of urea groups is 1. The molecule has 8 nitrogen and oxygen atoms in total. The van der Waals surface area contributed by atoms with Gasteiger partial charge in [-0.15, -0.1) is 0 Å². The van der Waals surface area contributed by atoms with Gasteiger partial charge in [0.25, 0.3) is 0 Å². The molecule has 0 aliphatic carbocycles. The first-order valence-corrected chi connectivity index (χ1v) is 9.99. The van der Waals surface area contributed by atoms with Crippen LogP contribution in [0.5, 0.6) is 0 Å². The third-order valence-corrected chi connectivity index (χ3v) is 5.50. The minimum Gasteiger partial charge on any atom is -0.404 e. The van der Waals surface area contributed by atoms with E-state index in [4.69, 9.17) is 10.5 Å². The molecule has 3 aliphatic rings. The molecule has 1 aromatic rings. The Morgan fingerprint density at radius 1 is 1.32 bits per heavy atom. The van der Waals surface area contributed by atoms with Gasteiger partial charge in [0.15, 0.2) is 11.6 Å². The summed E-state index contributed by atoms with van der Waals surface area (Å²) in [6.45, 7) is 1.56. The average molecular weight is 431 g/mol. The van der Waals surface area contributed by atoms with Crippen LogP contribution in [0.1, 0.15) is 12.0 Å². The number of rotatable bonds is 5. The zero-order valence-corrected chi connectivity index (χ0v) is 16.8. The molecule has 1 fully saturated rings. The van der Waals surface area contributed by atoms with E-state index in [-0.39, 0.29) is 36.3 Å². The van der Waals surface area contributed by atoms with Crippen molar-refractivity contribution < 1.29 is 23.1 Å². The lowest BCUT2D eigenvalue weighted by atomic mass is 10.0. The van der Waals surface area contributed by atoms with Crippen LogP contribution < -0.4 is 11.1 Å². The number of fused-ring (bicyclic) bond motifs is 1. The summed E-state index contributed by atoms with van der Waals surface area (Å²) >= 11 is 0. The van der Waals surface area contributed by atoms with E-state index in [1.165, 1.54) is 17.2 Å². The molecule has 0 aromatic heterocycles. The van der Waals surface area contributed by atoms with Crippen molar-refractivity contribution in [3.8, 4) is 0 Å². The summed E-state index contributed by atoms with van der Waals surface area (Å²) in [7, 11) is 0. The molecule has 0 bridgehead atoms. The molecule has 0 radical (unpaired) electrons. The van der Waals surface area contributed by atoms with Gasteiger partial charge in [0.2, 0.25) is 5.91 Å². The number of anilines is 1. The van der Waals surface area contributed by atoms with Crippen LogP contribution in [-0.2, 0) is 16.1 Å². The number of nitrogens with zero attached hydrogens (tertiary/aromatic N) is 3. The smallest absolute Gasteiger partial charge is 0.322 e. The Kier molecular flexibility index (Phi) is 5.99. The number of carbonyl (C=O) groups is 2. The van der Waals surface area contributed by atoms with Crippen LogP contribution in [0.4, 0.5) is 19.3 Å². The van der Waals surface area contributed by atoms with E-state index in [2.05, 4.69) is 10.3 Å². The van der Waals surface area contributed by atoms with E-state index in [1.807, 2.05) is 6.08 Å². The topological polar surface area (TPSA) is 100 Å². The summed E-state index contributed by atoms with van der Waals surface area (Å²) in [5.74, 6) is -2.31. The van der Waals surface area contributed by atoms with Gasteiger partial charge >= 0.3 is 6.03 Å². The number of amides is 3. The van der Waals surface area contributed by atoms with Gasteiger partial charge in [-0.25, -0.2) is 13.6 Å². The zero-order valence-electron chi connectivity index (χ0n) is 16.8. The third kappa shape index (κ3) is 4.43. The zero-order chi connectivity index (χ0) is 22.0. The predicted octanol–water partition coefficient (Wildman–Crippen LogP) is 1.78. The van der Waals surface area contributed by atoms with Gasteiger partial charge < -0.3 is 25.6 Å². The molecule has 31 heavy (non-hydrogen) atoms. The van der Waals surface area contributed by atoms with Crippen LogP contribution in [0.2, 0.25) is 0 Å². The first kappa shape index (κ1) is 21.0. The summed E-state index contributed by atoms with van der Waals surface area (Å²) in [5, 5.41) is 2.51. The Balaban J connectivity index is 1.40. The fraction of sp³-hybridized carbons (Fsp3) is 0.381. The van der Waals surface area contributed by atoms with Crippen molar-refractivity contribution >= 4 is 23.8 Å². The van der Waals surface area contributed by atoms with E-state index in [1.54, 1.807) is 11.1 Å². The third-order valence-electron chi connectivity index (χ3n) is 5.50. The molecule has 1 saturated heterocycles. The summed E-state index contributed by atoms with van der Waals surface area (Å²) in [4.78, 5) is 32.4. The molecule has 3 heterocycles. The van der Waals surface area contributed by atoms with Crippen LogP contribution in [0, 0.1) is 11.6 Å². The van der Waals surface area contributed by atoms with Crippen molar-refractivity contribution in [2.75, 3.05) is 38.2 Å². The molecule has 4 rings (SSSR count). The van der Waals surface area contributed by atoms with Crippen molar-refractivity contribution in [1.29, 1.82) is 0 Å². The number of hydrogen-bond donors (Lipinski definition) is 2. The van der Waals surface area contributed by atoms with Crippen LogP contribution in [0.3, 0.4) is 0 Å². The molecule has 10 heteroatoms. The van der Waals surface area contributed by atoms with Crippen molar-refractivity contribution in [1.82, 2.24) is 9.80 Å². The standard InChI is InChI=1S/C21H23F2N5O3/c22-17-3-4-18-16(20(17)23)9-28(21(30)26-18)10-19(29)27-5-1-2-13(8-27)14(6-24)7-25-15-11-31-12-15/h2-4,6-7,15H,1,5,8-12,24H2,(H,26,30)/b14-6+,25-7?. The minimum atomic E-state index is -1.02. The molecule has 3 amide bonds. The highest BCUT2D eigenvalue weighted by molar-refractivity contribution is 5.95. The van der Waals surface area contributed by atoms with E-state index in [0.29, 0.717) is 32.7 Å². The van der Waals surface area contributed by atoms with Gasteiger partial charge in [-0.1, -0.05) is 6.08 Å². The lowest BCUT2D eigenvalue weighted by molar-refractivity contribution is -0.131. The maximum atomic E-state index is 14.1. The number of halogens is 2. The monoisotopic (exact) mass is 431 g/mol. The average Bonchev–Trinajstić information content (AvgIpc) is 2.74. The second kappa shape index (κ2) is 8.84. The van der Waals surface area contributed by atoms with Crippen molar-refractivity contribution in [3.63, 3.8) is 0 Å². The molecule has 3 N–H and O–H groups in total. The minimum absolute atomic E-state index is 0.0242. The van der Waals surface area contributed by atoms with Gasteiger partial charge in [0.1, 0.15) is 6.54 Å². The maximum Gasteiger partial charge on any atom is 0.322 e. The number of aliphatic imine (C=N–C) groups is 1. The second-order valence-electron chi connectivity index (χ2n) is 7.60. The summed E-state index contributed by atoms with van der Waals surface area (Å²) in [6, 6.07) is 1.87. The lowest BCUT2D eigenvalue weighted by Gasteiger charge is -2.33. The van der Waals surface area contributed by atoms with Crippen LogP contribution in [0.15, 0.2) is 40.5 Å². The Morgan fingerprint density at radius 3 is 2.84 bits per heavy atom. The van der Waals surface area contributed by atoms with Crippen LogP contribution in [-0.4, -0.2) is 66.8 Å². The summed E-state index contributed by atoms with van der Waals surface area (Å²) in [5.41, 5.74) is 7.59. The molecule has 0 spiro atoms. The van der Waals surface area contributed by atoms with E-state index in [9.17, 15) is 18.4 Å². The molecular formula is C21H23F2N5O3. The van der Waals surface area contributed by atoms with Crippen molar-refractivity contribution in [2.45, 2.75) is 19.0 Å².